The van der Waals surface area contributed by atoms with Gasteiger partial charge in [0.15, 0.2) is 0 Å². The minimum Gasteiger partial charge on any atom is -0.496 e. The second-order valence-electron chi connectivity index (χ2n) is 4.91. The van der Waals surface area contributed by atoms with Gasteiger partial charge in [0.1, 0.15) is 10.6 Å². The number of rotatable bonds is 5. The first-order valence-corrected chi connectivity index (χ1v) is 7.77. The Hall–Kier alpha value is -1.88. The molecule has 112 valence electrons. The van der Waals surface area contributed by atoms with E-state index in [0.29, 0.717) is 4.88 Å². The minimum atomic E-state index is -0.125. The summed E-state index contributed by atoms with van der Waals surface area (Å²) in [7, 11) is 1.64. The van der Waals surface area contributed by atoms with Gasteiger partial charge in [-0.3, -0.25) is 4.79 Å². The van der Waals surface area contributed by atoms with Crippen LogP contribution in [0.5, 0.6) is 5.75 Å². The molecular weight excluding hydrogens is 284 g/mol. The molecular formula is C16H20N2O2S. The van der Waals surface area contributed by atoms with Gasteiger partial charge in [-0.1, -0.05) is 24.6 Å². The maximum atomic E-state index is 12.3. The van der Waals surface area contributed by atoms with Crippen molar-refractivity contribution in [3.8, 4) is 5.75 Å². The molecule has 0 aliphatic heterocycles. The number of hydrogen-bond acceptors (Lipinski definition) is 4. The predicted octanol–water partition coefficient (Wildman–Crippen LogP) is 3.51. The average molecular weight is 304 g/mol. The number of nitrogens with zero attached hydrogens (tertiary/aromatic N) is 1. The van der Waals surface area contributed by atoms with Gasteiger partial charge in [-0.25, -0.2) is 4.98 Å². The largest absolute Gasteiger partial charge is 0.496 e. The Labute approximate surface area is 129 Å². The second-order valence-corrected chi connectivity index (χ2v) is 6.03. The summed E-state index contributed by atoms with van der Waals surface area (Å²) in [5.74, 6) is 0.690. The Balaban J connectivity index is 2.15. The van der Waals surface area contributed by atoms with Crippen LogP contribution in [0.3, 0.4) is 0 Å². The molecule has 1 heterocycles. The third-order valence-electron chi connectivity index (χ3n) is 3.28. The highest BCUT2D eigenvalue weighted by Crippen LogP contribution is 2.26. The lowest BCUT2D eigenvalue weighted by atomic mass is 10.0. The number of hydrogen-bond donors (Lipinski definition) is 1. The normalized spacial score (nSPS) is 12.0. The predicted molar refractivity (Wildman–Crippen MR) is 85.1 cm³/mol. The first-order valence-electron chi connectivity index (χ1n) is 6.95. The zero-order chi connectivity index (χ0) is 15.4. The summed E-state index contributed by atoms with van der Waals surface area (Å²) < 4.78 is 5.37. The number of nitrogens with one attached hydrogen (secondary N) is 1. The van der Waals surface area contributed by atoms with Gasteiger partial charge >= 0.3 is 0 Å². The van der Waals surface area contributed by atoms with Gasteiger partial charge in [0.2, 0.25) is 0 Å². The number of carbonyl (C=O) groups excluding carboxylic acids is 1. The van der Waals surface area contributed by atoms with E-state index in [1.165, 1.54) is 11.3 Å². The van der Waals surface area contributed by atoms with Crippen molar-refractivity contribution in [2.24, 2.45) is 0 Å². The molecule has 0 bridgehead atoms. The number of thiazole rings is 1. The van der Waals surface area contributed by atoms with Gasteiger partial charge in [0, 0.05) is 5.56 Å². The summed E-state index contributed by atoms with van der Waals surface area (Å²) >= 11 is 1.44. The van der Waals surface area contributed by atoms with Crippen molar-refractivity contribution in [2.45, 2.75) is 33.2 Å². The maximum Gasteiger partial charge on any atom is 0.263 e. The van der Waals surface area contributed by atoms with Gasteiger partial charge in [-0.15, -0.1) is 11.3 Å². The fourth-order valence-corrected chi connectivity index (χ4v) is 2.88. The average Bonchev–Trinajstić information content (AvgIpc) is 2.96. The zero-order valence-corrected chi connectivity index (χ0v) is 13.6. The monoisotopic (exact) mass is 304 g/mol. The molecule has 0 aliphatic carbocycles. The van der Waals surface area contributed by atoms with Crippen LogP contribution in [0.4, 0.5) is 0 Å². The van der Waals surface area contributed by atoms with E-state index >= 15 is 0 Å². The van der Waals surface area contributed by atoms with E-state index in [1.54, 1.807) is 13.3 Å². The van der Waals surface area contributed by atoms with Gasteiger partial charge in [-0.2, -0.15) is 0 Å². The molecule has 0 saturated heterocycles. The number of aryl methyl sites for hydroxylation is 2. The van der Waals surface area contributed by atoms with Crippen LogP contribution < -0.4 is 10.1 Å². The number of aromatic nitrogens is 1. The quantitative estimate of drug-likeness (QED) is 0.919. The molecule has 2 rings (SSSR count). The van der Waals surface area contributed by atoms with Gasteiger partial charge < -0.3 is 10.1 Å². The molecule has 0 saturated carbocycles. The van der Waals surface area contributed by atoms with Crippen LogP contribution in [0.25, 0.3) is 0 Å². The molecule has 5 heteroatoms. The van der Waals surface area contributed by atoms with E-state index in [1.807, 2.05) is 39.0 Å². The van der Waals surface area contributed by atoms with Crippen LogP contribution >= 0.6 is 11.3 Å². The minimum absolute atomic E-state index is 0.0942. The van der Waals surface area contributed by atoms with E-state index < -0.39 is 0 Å². The Morgan fingerprint density at radius 1 is 1.48 bits per heavy atom. The maximum absolute atomic E-state index is 12.3. The van der Waals surface area contributed by atoms with Crippen molar-refractivity contribution >= 4 is 17.2 Å². The van der Waals surface area contributed by atoms with Crippen molar-refractivity contribution in [2.75, 3.05) is 7.11 Å². The highest BCUT2D eigenvalue weighted by atomic mass is 32.1. The Morgan fingerprint density at radius 3 is 2.86 bits per heavy atom. The molecule has 1 N–H and O–H groups in total. The lowest BCUT2D eigenvalue weighted by Crippen LogP contribution is -2.26. The molecule has 1 atom stereocenters. The summed E-state index contributed by atoms with van der Waals surface area (Å²) in [4.78, 5) is 17.1. The topological polar surface area (TPSA) is 51.2 Å². The molecule has 0 fully saturated rings. The number of methoxy groups -OCH3 is 1. The third-order valence-corrected chi connectivity index (χ3v) is 4.42. The van der Waals surface area contributed by atoms with Gasteiger partial charge in [0.25, 0.3) is 5.91 Å². The Morgan fingerprint density at radius 2 is 2.24 bits per heavy atom. The van der Waals surface area contributed by atoms with Crippen LogP contribution in [0.1, 0.15) is 45.7 Å². The van der Waals surface area contributed by atoms with E-state index in [-0.39, 0.29) is 11.9 Å². The standard InChI is InChI=1S/C16H20N2O2S/c1-5-15-17-9-14(21-15)16(19)18-11(3)12-8-10(2)6-7-13(12)20-4/h6-9,11H,5H2,1-4H3,(H,18,19)/t11-/m1/s1. The van der Waals surface area contributed by atoms with Gasteiger partial charge in [-0.05, 0) is 26.3 Å². The first-order chi connectivity index (χ1) is 10.0. The molecule has 0 aliphatic rings. The molecule has 0 spiro atoms. The van der Waals surface area contributed by atoms with E-state index in [4.69, 9.17) is 4.74 Å². The lowest BCUT2D eigenvalue weighted by molar-refractivity contribution is 0.0943. The zero-order valence-electron chi connectivity index (χ0n) is 12.8. The first kappa shape index (κ1) is 15.5. The smallest absolute Gasteiger partial charge is 0.263 e. The van der Waals surface area contributed by atoms with Crippen molar-refractivity contribution in [1.29, 1.82) is 0 Å². The van der Waals surface area contributed by atoms with Crippen molar-refractivity contribution in [3.63, 3.8) is 0 Å². The summed E-state index contributed by atoms with van der Waals surface area (Å²) in [5, 5.41) is 3.98. The molecule has 4 nitrogen and oxygen atoms in total. The van der Waals surface area contributed by atoms with Crippen LogP contribution in [-0.4, -0.2) is 18.0 Å². The number of ether oxygens (including phenoxy) is 1. The van der Waals surface area contributed by atoms with Crippen molar-refractivity contribution < 1.29 is 9.53 Å². The van der Waals surface area contributed by atoms with Crippen molar-refractivity contribution in [3.05, 3.63) is 45.4 Å². The molecule has 1 aromatic heterocycles. The highest BCUT2D eigenvalue weighted by Gasteiger charge is 2.17. The summed E-state index contributed by atoms with van der Waals surface area (Å²) in [6.07, 6.45) is 2.48. The van der Waals surface area contributed by atoms with E-state index in [9.17, 15) is 4.79 Å². The van der Waals surface area contributed by atoms with Crippen LogP contribution in [0, 0.1) is 6.92 Å². The van der Waals surface area contributed by atoms with E-state index in [2.05, 4.69) is 10.3 Å². The highest BCUT2D eigenvalue weighted by molar-refractivity contribution is 7.13. The lowest BCUT2D eigenvalue weighted by Gasteiger charge is -2.17. The molecule has 1 amide bonds. The summed E-state index contributed by atoms with van der Waals surface area (Å²) in [5.41, 5.74) is 2.11. The Kier molecular flexibility index (Phi) is 4.96. The van der Waals surface area contributed by atoms with Crippen LogP contribution in [-0.2, 0) is 6.42 Å². The summed E-state index contributed by atoms with van der Waals surface area (Å²) in [6.45, 7) is 6.01. The second kappa shape index (κ2) is 6.72. The fourth-order valence-electron chi connectivity index (χ4n) is 2.12. The molecule has 21 heavy (non-hydrogen) atoms. The fraction of sp³-hybridized carbons (Fsp3) is 0.375. The Bertz CT molecular complexity index is 637. The number of amides is 1. The number of carbonyl (C=O) groups is 1. The van der Waals surface area contributed by atoms with Gasteiger partial charge in [0.05, 0.1) is 24.4 Å². The molecule has 1 aromatic carbocycles. The third kappa shape index (κ3) is 3.61. The number of benzene rings is 1. The van der Waals surface area contributed by atoms with Crippen molar-refractivity contribution in [1.82, 2.24) is 10.3 Å². The van der Waals surface area contributed by atoms with E-state index in [0.717, 1.165) is 28.3 Å². The SMILES string of the molecule is CCc1ncc(C(=O)N[C@H](C)c2cc(C)ccc2OC)s1. The summed E-state index contributed by atoms with van der Waals surface area (Å²) in [6, 6.07) is 5.83. The molecule has 0 unspecified atom stereocenters. The molecule has 2 aromatic rings. The van der Waals surface area contributed by atoms with Crippen LogP contribution in [0.15, 0.2) is 24.4 Å². The molecule has 0 radical (unpaired) electrons. The van der Waals surface area contributed by atoms with Crippen LogP contribution in [0.2, 0.25) is 0 Å².